The lowest BCUT2D eigenvalue weighted by Crippen LogP contribution is -2.37. The Bertz CT molecular complexity index is 1020. The first-order valence-corrected chi connectivity index (χ1v) is 12.2. The highest BCUT2D eigenvalue weighted by Crippen LogP contribution is 2.23. The maximum Gasteiger partial charge on any atom is 0.258 e. The summed E-state index contributed by atoms with van der Waals surface area (Å²) in [5.41, 5.74) is 1.62. The molecular weight excluding hydrogens is 386 g/mol. The maximum absolute atomic E-state index is 13.0. The number of carbonyl (C=O) groups excluding carboxylic acids is 1. The number of carbonyl (C=O) groups is 1. The van der Waals surface area contributed by atoms with Gasteiger partial charge in [-0.2, -0.15) is 0 Å². The van der Waals surface area contributed by atoms with Crippen LogP contribution in [0.25, 0.3) is 0 Å². The molecule has 2 aromatic carbocycles. The molecule has 0 aliphatic carbocycles. The summed E-state index contributed by atoms with van der Waals surface area (Å²) in [7, 11) is -6.45. The van der Waals surface area contributed by atoms with Crippen molar-refractivity contribution in [2.24, 2.45) is 0 Å². The first kappa shape index (κ1) is 21.1. The number of benzene rings is 2. The third-order valence-corrected chi connectivity index (χ3v) is 5.89. The molecule has 1 amide bonds. The Kier molecular flexibility index (Phi) is 6.11. The topological polar surface area (TPSA) is 88.6 Å². The molecule has 0 saturated heterocycles. The summed E-state index contributed by atoms with van der Waals surface area (Å²) in [6.45, 7) is 3.72. The van der Waals surface area contributed by atoms with Crippen molar-refractivity contribution >= 4 is 31.3 Å². The molecule has 0 radical (unpaired) electrons. The standard InChI is InChI=1S/C19H23NO5S2/c1-14(2)20(17-9-11-18(12-10-17)27(4,24)25)19(21)16-7-5-15(6-8-16)13-26(3,22)23/h5-12,14H,13H2,1-4H3. The van der Waals surface area contributed by atoms with Gasteiger partial charge in [0.1, 0.15) is 0 Å². The zero-order valence-corrected chi connectivity index (χ0v) is 17.3. The number of amides is 1. The van der Waals surface area contributed by atoms with Crippen LogP contribution in [0.4, 0.5) is 5.69 Å². The summed E-state index contributed by atoms with van der Waals surface area (Å²) in [4.78, 5) is 14.7. The smallest absolute Gasteiger partial charge is 0.258 e. The third kappa shape index (κ3) is 5.64. The van der Waals surface area contributed by atoms with E-state index in [0.29, 0.717) is 16.8 Å². The third-order valence-electron chi connectivity index (χ3n) is 3.91. The molecule has 0 spiro atoms. The van der Waals surface area contributed by atoms with Crippen molar-refractivity contribution in [1.82, 2.24) is 0 Å². The summed E-state index contributed by atoms with van der Waals surface area (Å²) in [5.74, 6) is -0.328. The summed E-state index contributed by atoms with van der Waals surface area (Å²) >= 11 is 0. The average molecular weight is 410 g/mol. The van der Waals surface area contributed by atoms with E-state index in [-0.39, 0.29) is 22.6 Å². The van der Waals surface area contributed by atoms with Crippen LogP contribution < -0.4 is 4.90 Å². The lowest BCUT2D eigenvalue weighted by atomic mass is 10.1. The van der Waals surface area contributed by atoms with Crippen molar-refractivity contribution in [1.29, 1.82) is 0 Å². The molecule has 0 bridgehead atoms. The van der Waals surface area contributed by atoms with Crippen LogP contribution in [0, 0.1) is 0 Å². The van der Waals surface area contributed by atoms with Crippen LogP contribution in [-0.4, -0.2) is 41.3 Å². The van der Waals surface area contributed by atoms with Gasteiger partial charge in [-0.25, -0.2) is 16.8 Å². The van der Waals surface area contributed by atoms with Crippen LogP contribution >= 0.6 is 0 Å². The number of hydrogen-bond acceptors (Lipinski definition) is 5. The van der Waals surface area contributed by atoms with Gasteiger partial charge in [-0.15, -0.1) is 0 Å². The van der Waals surface area contributed by atoms with E-state index in [0.717, 1.165) is 12.5 Å². The zero-order chi connectivity index (χ0) is 20.4. The maximum atomic E-state index is 13.0. The lowest BCUT2D eigenvalue weighted by molar-refractivity contribution is 0.0980. The van der Waals surface area contributed by atoms with Crippen molar-refractivity contribution in [2.45, 2.75) is 30.5 Å². The van der Waals surface area contributed by atoms with Crippen LogP contribution in [-0.2, 0) is 25.4 Å². The van der Waals surface area contributed by atoms with Gasteiger partial charge in [-0.1, -0.05) is 12.1 Å². The van der Waals surface area contributed by atoms with Gasteiger partial charge in [-0.05, 0) is 55.8 Å². The highest BCUT2D eigenvalue weighted by Gasteiger charge is 2.21. The van der Waals surface area contributed by atoms with E-state index >= 15 is 0 Å². The Morgan fingerprint density at radius 1 is 0.889 bits per heavy atom. The molecule has 6 nitrogen and oxygen atoms in total. The van der Waals surface area contributed by atoms with E-state index in [2.05, 4.69) is 0 Å². The van der Waals surface area contributed by atoms with Crippen LogP contribution in [0.2, 0.25) is 0 Å². The minimum Gasteiger partial charge on any atom is -0.306 e. The minimum absolute atomic E-state index is 0.0810. The zero-order valence-electron chi connectivity index (χ0n) is 15.7. The Morgan fingerprint density at radius 3 is 1.81 bits per heavy atom. The first-order chi connectivity index (χ1) is 12.4. The molecule has 0 heterocycles. The monoisotopic (exact) mass is 409 g/mol. The normalized spacial score (nSPS) is 12.2. The van der Waals surface area contributed by atoms with Gasteiger partial charge in [0.05, 0.1) is 10.6 Å². The minimum atomic E-state index is -3.31. The molecule has 0 aliphatic heterocycles. The summed E-state index contributed by atoms with van der Waals surface area (Å²) in [5, 5.41) is 0. The van der Waals surface area contributed by atoms with E-state index in [1.807, 2.05) is 13.8 Å². The molecule has 0 saturated carbocycles. The average Bonchev–Trinajstić information content (AvgIpc) is 2.53. The molecule has 0 N–H and O–H groups in total. The number of nitrogens with zero attached hydrogens (tertiary/aromatic N) is 1. The molecule has 2 aromatic rings. The van der Waals surface area contributed by atoms with Gasteiger partial charge in [-0.3, -0.25) is 4.79 Å². The van der Waals surface area contributed by atoms with Gasteiger partial charge in [0, 0.05) is 29.8 Å². The molecular formula is C19H23NO5S2. The highest BCUT2D eigenvalue weighted by atomic mass is 32.2. The summed E-state index contributed by atoms with van der Waals surface area (Å²) < 4.78 is 46.0. The van der Waals surface area contributed by atoms with Crippen molar-refractivity contribution in [3.63, 3.8) is 0 Å². The van der Waals surface area contributed by atoms with E-state index in [9.17, 15) is 21.6 Å². The number of hydrogen-bond donors (Lipinski definition) is 0. The van der Waals surface area contributed by atoms with Crippen LogP contribution in [0.3, 0.4) is 0 Å². The van der Waals surface area contributed by atoms with Crippen molar-refractivity contribution in [3.05, 3.63) is 59.7 Å². The van der Waals surface area contributed by atoms with E-state index in [1.165, 1.54) is 12.1 Å². The van der Waals surface area contributed by atoms with Crippen molar-refractivity contribution in [3.8, 4) is 0 Å². The van der Waals surface area contributed by atoms with Gasteiger partial charge in [0.2, 0.25) is 0 Å². The Balaban J connectivity index is 2.32. The number of anilines is 1. The van der Waals surface area contributed by atoms with E-state index in [1.54, 1.807) is 41.3 Å². The van der Waals surface area contributed by atoms with Gasteiger partial charge in [0.25, 0.3) is 5.91 Å². The first-order valence-electron chi connectivity index (χ1n) is 8.29. The molecule has 0 aromatic heterocycles. The summed E-state index contributed by atoms with van der Waals surface area (Å²) in [6, 6.07) is 12.5. The quantitative estimate of drug-likeness (QED) is 0.732. The molecule has 146 valence electrons. The highest BCUT2D eigenvalue weighted by molar-refractivity contribution is 7.90. The predicted octanol–water partition coefficient (Wildman–Crippen LogP) is 2.69. The Hall–Kier alpha value is -2.19. The second-order valence-electron chi connectivity index (χ2n) is 6.80. The molecule has 2 rings (SSSR count). The Labute approximate surface area is 160 Å². The second kappa shape index (κ2) is 7.82. The number of sulfone groups is 2. The number of rotatable bonds is 6. The molecule has 0 fully saturated rings. The second-order valence-corrected chi connectivity index (χ2v) is 11.0. The molecule has 27 heavy (non-hydrogen) atoms. The van der Waals surface area contributed by atoms with Crippen LogP contribution in [0.15, 0.2) is 53.4 Å². The SMILES string of the molecule is CC(C)N(C(=O)c1ccc(CS(C)(=O)=O)cc1)c1ccc(S(C)(=O)=O)cc1. The van der Waals surface area contributed by atoms with E-state index in [4.69, 9.17) is 0 Å². The molecule has 0 unspecified atom stereocenters. The fraction of sp³-hybridized carbons (Fsp3) is 0.316. The predicted molar refractivity (Wildman–Crippen MR) is 106 cm³/mol. The van der Waals surface area contributed by atoms with E-state index < -0.39 is 19.7 Å². The fourth-order valence-electron chi connectivity index (χ4n) is 2.69. The van der Waals surface area contributed by atoms with Gasteiger partial charge in [0.15, 0.2) is 19.7 Å². The Morgan fingerprint density at radius 2 is 1.41 bits per heavy atom. The van der Waals surface area contributed by atoms with Crippen molar-refractivity contribution in [2.75, 3.05) is 17.4 Å². The van der Waals surface area contributed by atoms with Crippen LogP contribution in [0.1, 0.15) is 29.8 Å². The lowest BCUT2D eigenvalue weighted by Gasteiger charge is -2.27. The van der Waals surface area contributed by atoms with Gasteiger partial charge < -0.3 is 4.90 Å². The molecule has 0 atom stereocenters. The molecule has 8 heteroatoms. The van der Waals surface area contributed by atoms with Crippen LogP contribution in [0.5, 0.6) is 0 Å². The fourth-order valence-corrected chi connectivity index (χ4v) is 4.12. The van der Waals surface area contributed by atoms with Gasteiger partial charge >= 0.3 is 0 Å². The largest absolute Gasteiger partial charge is 0.306 e. The van der Waals surface area contributed by atoms with Crippen molar-refractivity contribution < 1.29 is 21.6 Å². The summed E-state index contributed by atoms with van der Waals surface area (Å²) in [6.07, 6.45) is 2.29. The molecule has 0 aliphatic rings.